The number of para-hydroxylation sites is 1. The van der Waals surface area contributed by atoms with E-state index in [1.165, 1.54) is 12.1 Å². The number of halogens is 2. The van der Waals surface area contributed by atoms with Gasteiger partial charge in [0.15, 0.2) is 5.17 Å². The number of amidine groups is 1. The van der Waals surface area contributed by atoms with Crippen LogP contribution in [0.1, 0.15) is 17.2 Å². The van der Waals surface area contributed by atoms with Crippen molar-refractivity contribution in [2.24, 2.45) is 10.7 Å². The van der Waals surface area contributed by atoms with Crippen LogP contribution in [0.5, 0.6) is 0 Å². The van der Waals surface area contributed by atoms with E-state index in [-0.39, 0.29) is 23.4 Å². The topological polar surface area (TPSA) is 143 Å². The van der Waals surface area contributed by atoms with Gasteiger partial charge >= 0.3 is 5.97 Å². The predicted molar refractivity (Wildman–Crippen MR) is 115 cm³/mol. The number of nitrogens with two attached hydrogens (primary N) is 1. The van der Waals surface area contributed by atoms with E-state index in [1.54, 1.807) is 30.0 Å². The Morgan fingerprint density at radius 3 is 2.48 bits per heavy atom. The van der Waals surface area contributed by atoms with E-state index in [2.05, 4.69) is 4.99 Å². The molecule has 1 heterocycles. The van der Waals surface area contributed by atoms with Crippen molar-refractivity contribution in [3.05, 3.63) is 63.6 Å². The maximum Gasteiger partial charge on any atom is 0.349 e. The van der Waals surface area contributed by atoms with Crippen molar-refractivity contribution in [2.45, 2.75) is 12.5 Å². The van der Waals surface area contributed by atoms with Gasteiger partial charge in [0.05, 0.1) is 21.8 Å². The molecule has 0 aromatic heterocycles. The molecule has 1 unspecified atom stereocenters. The summed E-state index contributed by atoms with van der Waals surface area (Å²) in [6.45, 7) is 0. The van der Waals surface area contributed by atoms with Crippen LogP contribution in [0.25, 0.3) is 0 Å². The van der Waals surface area contributed by atoms with Crippen LogP contribution in [0.15, 0.2) is 47.5 Å². The molecule has 1 aliphatic rings. The van der Waals surface area contributed by atoms with E-state index in [1.807, 2.05) is 12.1 Å². The van der Waals surface area contributed by atoms with Gasteiger partial charge in [-0.2, -0.15) is 0 Å². The fourth-order valence-corrected chi connectivity index (χ4v) is 3.51. The molecule has 6 N–H and O–H groups in total. The number of aliphatic carboxylic acids is 1. The molecule has 2 aromatic rings. The highest BCUT2D eigenvalue weighted by Gasteiger charge is 2.18. The van der Waals surface area contributed by atoms with Gasteiger partial charge in [-0.05, 0) is 29.3 Å². The SMILES string of the molecule is N=C(Cc1ccccc1N(O)O)C(=O)O.NC1=NC(c2ccc(Cl)c(Cl)c2)CS1. The first kappa shape index (κ1) is 23.0. The number of nitrogens with one attached hydrogen (secondary N) is 1. The monoisotopic (exact) mass is 456 g/mol. The molecule has 0 spiro atoms. The van der Waals surface area contributed by atoms with Gasteiger partial charge in [0.1, 0.15) is 5.71 Å². The van der Waals surface area contributed by atoms with E-state index >= 15 is 0 Å². The predicted octanol–water partition coefficient (Wildman–Crippen LogP) is 4.01. The number of carbonyl (C=O) groups is 1. The lowest BCUT2D eigenvalue weighted by atomic mass is 10.1. The summed E-state index contributed by atoms with van der Waals surface area (Å²) >= 11 is 13.3. The second-order valence-electron chi connectivity index (χ2n) is 5.85. The van der Waals surface area contributed by atoms with E-state index in [9.17, 15) is 4.79 Å². The summed E-state index contributed by atoms with van der Waals surface area (Å²) in [7, 11) is 0. The van der Waals surface area contributed by atoms with Gasteiger partial charge in [-0.1, -0.05) is 59.2 Å². The number of aliphatic imine (C=N–C) groups is 1. The molecule has 11 heteroatoms. The third-order valence-corrected chi connectivity index (χ3v) is 5.46. The molecule has 1 atom stereocenters. The number of rotatable bonds is 5. The lowest BCUT2D eigenvalue weighted by molar-refractivity contribution is -0.129. The van der Waals surface area contributed by atoms with E-state index in [0.29, 0.717) is 20.8 Å². The number of carboxylic acid groups (broad SMARTS) is 1. The highest BCUT2D eigenvalue weighted by atomic mass is 35.5. The maximum atomic E-state index is 10.4. The molecule has 0 bridgehead atoms. The third-order valence-electron chi connectivity index (χ3n) is 3.83. The standard InChI is InChI=1S/C9H8Cl2N2S.C9H10N2O4/c10-6-2-1-5(3-7(6)11)8-4-14-9(12)13-8;10-7(9(12)13)5-6-3-1-2-4-8(6)11(14)15/h1-3,8H,4H2,(H2,12,13);1-4,10,14-15H,5H2,(H,12,13). The molecule has 0 aliphatic carbocycles. The molecule has 1 aliphatic heterocycles. The van der Waals surface area contributed by atoms with Gasteiger partial charge in [0, 0.05) is 12.2 Å². The molecule has 0 saturated carbocycles. The lowest BCUT2D eigenvalue weighted by Gasteiger charge is -2.12. The smallest absolute Gasteiger partial charge is 0.349 e. The summed E-state index contributed by atoms with van der Waals surface area (Å²) in [6, 6.07) is 11.8. The number of hydrogen-bond donors (Lipinski definition) is 5. The fraction of sp³-hybridized carbons (Fsp3) is 0.167. The van der Waals surface area contributed by atoms with Crippen molar-refractivity contribution in [3.8, 4) is 0 Å². The number of hydrogen-bond acceptors (Lipinski definition) is 8. The molecule has 29 heavy (non-hydrogen) atoms. The highest BCUT2D eigenvalue weighted by Crippen LogP contribution is 2.32. The van der Waals surface area contributed by atoms with Crippen LogP contribution in [0.4, 0.5) is 5.69 Å². The molecule has 8 nitrogen and oxygen atoms in total. The number of nitrogens with zero attached hydrogens (tertiary/aromatic N) is 2. The second kappa shape index (κ2) is 10.5. The van der Waals surface area contributed by atoms with Crippen molar-refractivity contribution in [1.29, 1.82) is 5.41 Å². The molecule has 0 fully saturated rings. The Kier molecular flexibility index (Phi) is 8.30. The van der Waals surface area contributed by atoms with Crippen molar-refractivity contribution in [3.63, 3.8) is 0 Å². The number of benzene rings is 2. The van der Waals surface area contributed by atoms with Crippen molar-refractivity contribution in [2.75, 3.05) is 11.0 Å². The van der Waals surface area contributed by atoms with Gasteiger partial charge in [0.2, 0.25) is 0 Å². The van der Waals surface area contributed by atoms with Crippen LogP contribution in [-0.2, 0) is 11.2 Å². The van der Waals surface area contributed by atoms with Crippen LogP contribution in [-0.4, -0.2) is 38.1 Å². The maximum absolute atomic E-state index is 10.4. The minimum Gasteiger partial charge on any atom is -0.477 e. The minimum atomic E-state index is -1.33. The van der Waals surface area contributed by atoms with E-state index in [4.69, 9.17) is 49.9 Å². The lowest BCUT2D eigenvalue weighted by Crippen LogP contribution is -2.18. The number of thioether (sulfide) groups is 1. The summed E-state index contributed by atoms with van der Waals surface area (Å²) in [5.74, 6) is -0.448. The summed E-state index contributed by atoms with van der Waals surface area (Å²) in [4.78, 5) is 14.7. The summed E-state index contributed by atoms with van der Waals surface area (Å²) in [5, 5.41) is 35.0. The molecule has 2 aromatic carbocycles. The molecular formula is C18H18Cl2N4O4S. The van der Waals surface area contributed by atoms with Crippen molar-refractivity contribution in [1.82, 2.24) is 0 Å². The molecule has 0 saturated heterocycles. The Labute approximate surface area is 181 Å². The zero-order valence-corrected chi connectivity index (χ0v) is 17.2. The molecular weight excluding hydrogens is 439 g/mol. The van der Waals surface area contributed by atoms with Gasteiger partial charge in [-0.25, -0.2) is 4.79 Å². The van der Waals surface area contributed by atoms with Gasteiger partial charge in [-0.15, -0.1) is 5.23 Å². The number of anilines is 1. The normalized spacial score (nSPS) is 15.2. The Morgan fingerprint density at radius 1 is 1.24 bits per heavy atom. The van der Waals surface area contributed by atoms with Crippen LogP contribution in [0.2, 0.25) is 10.0 Å². The Hall–Kier alpha value is -2.30. The third kappa shape index (κ3) is 6.62. The summed E-state index contributed by atoms with van der Waals surface area (Å²) < 4.78 is 0. The Morgan fingerprint density at radius 2 is 1.93 bits per heavy atom. The minimum absolute atomic E-state index is 0.0588. The Balaban J connectivity index is 0.000000207. The first-order chi connectivity index (χ1) is 13.7. The number of carboxylic acids is 1. The fourth-order valence-electron chi connectivity index (χ4n) is 2.40. The van der Waals surface area contributed by atoms with Gasteiger partial charge in [0.25, 0.3) is 0 Å². The molecule has 0 amide bonds. The van der Waals surface area contributed by atoms with Crippen LogP contribution in [0, 0.1) is 5.41 Å². The first-order valence-electron chi connectivity index (χ1n) is 8.16. The van der Waals surface area contributed by atoms with Crippen molar-refractivity contribution < 1.29 is 20.3 Å². The largest absolute Gasteiger partial charge is 0.477 e. The average molecular weight is 457 g/mol. The quantitative estimate of drug-likeness (QED) is 0.337. The zero-order chi connectivity index (χ0) is 21.6. The first-order valence-corrected chi connectivity index (χ1v) is 9.90. The van der Waals surface area contributed by atoms with Crippen LogP contribution >= 0.6 is 35.0 Å². The average Bonchev–Trinajstić information content (AvgIpc) is 3.11. The molecule has 3 rings (SSSR count). The van der Waals surface area contributed by atoms with Crippen LogP contribution in [0.3, 0.4) is 0 Å². The highest BCUT2D eigenvalue weighted by molar-refractivity contribution is 8.14. The van der Waals surface area contributed by atoms with E-state index < -0.39 is 11.7 Å². The van der Waals surface area contributed by atoms with E-state index in [0.717, 1.165) is 11.3 Å². The van der Waals surface area contributed by atoms with Crippen LogP contribution < -0.4 is 11.0 Å². The second-order valence-corrected chi connectivity index (χ2v) is 7.70. The Bertz CT molecular complexity index is 940. The molecule has 0 radical (unpaired) electrons. The summed E-state index contributed by atoms with van der Waals surface area (Å²) in [6.07, 6.45) is -0.164. The van der Waals surface area contributed by atoms with Gasteiger partial charge < -0.3 is 10.8 Å². The van der Waals surface area contributed by atoms with Gasteiger partial charge in [-0.3, -0.25) is 20.8 Å². The zero-order valence-electron chi connectivity index (χ0n) is 14.9. The molecule has 154 valence electrons. The summed E-state index contributed by atoms with van der Waals surface area (Å²) in [5.41, 5.74) is 6.55. The van der Waals surface area contributed by atoms with Crippen molar-refractivity contribution >= 4 is 57.5 Å².